The molecular weight excluding hydrogens is 335 g/mol. The highest BCUT2D eigenvalue weighted by atomic mass is 35.5. The largest absolute Gasteiger partial charge is 0.464 e. The second kappa shape index (κ2) is 6.22. The zero-order chi connectivity index (χ0) is 16.6. The first kappa shape index (κ1) is 15.8. The van der Waals surface area contributed by atoms with E-state index in [1.165, 1.54) is 7.11 Å². The van der Waals surface area contributed by atoms with E-state index in [-0.39, 0.29) is 0 Å². The average Bonchev–Trinajstić information content (AvgIpc) is 2.89. The molecule has 0 bridgehead atoms. The highest BCUT2D eigenvalue weighted by Crippen LogP contribution is 2.26. The Morgan fingerprint density at radius 3 is 2.74 bits per heavy atom. The highest BCUT2D eigenvalue weighted by Gasteiger charge is 2.19. The molecule has 0 amide bonds. The van der Waals surface area contributed by atoms with Gasteiger partial charge in [-0.25, -0.2) is 4.79 Å². The first-order chi connectivity index (χ1) is 11.0. The smallest absolute Gasteiger partial charge is 0.359 e. The minimum Gasteiger partial charge on any atom is -0.464 e. The van der Waals surface area contributed by atoms with Crippen LogP contribution in [0.4, 0.5) is 0 Å². The van der Waals surface area contributed by atoms with Gasteiger partial charge in [-0.05, 0) is 36.2 Å². The number of hydrogen-bond acceptors (Lipinski definition) is 3. The average molecular weight is 349 g/mol. The maximum atomic E-state index is 12.0. The van der Waals surface area contributed by atoms with E-state index in [1.807, 2.05) is 31.2 Å². The molecule has 1 aromatic heterocycles. The van der Waals surface area contributed by atoms with Crippen LogP contribution in [0.15, 0.2) is 36.4 Å². The third-order valence-corrected chi connectivity index (χ3v) is 4.29. The van der Waals surface area contributed by atoms with Crippen molar-refractivity contribution in [3.05, 3.63) is 63.3 Å². The number of nitrogens with zero attached hydrogens (tertiary/aromatic N) is 2. The van der Waals surface area contributed by atoms with E-state index < -0.39 is 5.97 Å². The van der Waals surface area contributed by atoms with Gasteiger partial charge in [-0.2, -0.15) is 5.10 Å². The van der Waals surface area contributed by atoms with Crippen LogP contribution in [0.3, 0.4) is 0 Å². The van der Waals surface area contributed by atoms with Crippen LogP contribution >= 0.6 is 23.2 Å². The second-order valence-electron chi connectivity index (χ2n) is 5.20. The summed E-state index contributed by atoms with van der Waals surface area (Å²) >= 11 is 12.2. The lowest BCUT2D eigenvalue weighted by Gasteiger charge is -2.06. The fourth-order valence-electron chi connectivity index (χ4n) is 2.57. The Bertz CT molecular complexity index is 903. The number of carbonyl (C=O) groups excluding carboxylic acids is 1. The van der Waals surface area contributed by atoms with E-state index in [0.717, 1.165) is 22.0 Å². The van der Waals surface area contributed by atoms with Gasteiger partial charge in [0.05, 0.1) is 19.2 Å². The van der Waals surface area contributed by atoms with Crippen molar-refractivity contribution >= 4 is 40.1 Å². The molecule has 0 aliphatic rings. The summed E-state index contributed by atoms with van der Waals surface area (Å²) in [5.74, 6) is -0.453. The second-order valence-corrected chi connectivity index (χ2v) is 6.05. The van der Waals surface area contributed by atoms with Gasteiger partial charge in [0.1, 0.15) is 0 Å². The Balaban J connectivity index is 2.14. The van der Waals surface area contributed by atoms with Gasteiger partial charge in [0.15, 0.2) is 5.69 Å². The Hall–Kier alpha value is -2.04. The summed E-state index contributed by atoms with van der Waals surface area (Å²) in [5.41, 5.74) is 3.01. The standard InChI is InChI=1S/C17H14Cl2N2O2/c1-10-4-3-5-14-15(10)16(17(22)23-2)20-21(14)9-11-6-7-12(18)8-13(11)19/h3-8H,9H2,1-2H3. The summed E-state index contributed by atoms with van der Waals surface area (Å²) in [4.78, 5) is 12.0. The van der Waals surface area contributed by atoms with Crippen LogP contribution in [0.1, 0.15) is 21.6 Å². The lowest BCUT2D eigenvalue weighted by atomic mass is 10.1. The number of aryl methyl sites for hydroxylation is 1. The molecule has 1 heterocycles. The number of rotatable bonds is 3. The van der Waals surface area contributed by atoms with Gasteiger partial charge in [-0.15, -0.1) is 0 Å². The number of fused-ring (bicyclic) bond motifs is 1. The van der Waals surface area contributed by atoms with Crippen molar-refractivity contribution in [1.29, 1.82) is 0 Å². The van der Waals surface area contributed by atoms with Gasteiger partial charge < -0.3 is 4.74 Å². The molecule has 0 aliphatic heterocycles. The summed E-state index contributed by atoms with van der Waals surface area (Å²) in [6.07, 6.45) is 0. The SMILES string of the molecule is COC(=O)c1nn(Cc2ccc(Cl)cc2Cl)c2cccc(C)c12. The molecule has 0 N–H and O–H groups in total. The summed E-state index contributed by atoms with van der Waals surface area (Å²) in [7, 11) is 1.35. The molecule has 0 radical (unpaired) electrons. The van der Waals surface area contributed by atoms with E-state index in [4.69, 9.17) is 27.9 Å². The maximum absolute atomic E-state index is 12.0. The summed E-state index contributed by atoms with van der Waals surface area (Å²) in [6, 6.07) is 11.1. The summed E-state index contributed by atoms with van der Waals surface area (Å²) < 4.78 is 6.60. The predicted molar refractivity (Wildman–Crippen MR) is 91.4 cm³/mol. The van der Waals surface area contributed by atoms with E-state index in [9.17, 15) is 4.79 Å². The monoisotopic (exact) mass is 348 g/mol. The predicted octanol–water partition coefficient (Wildman–Crippen LogP) is 4.49. The Kier molecular flexibility index (Phi) is 4.28. The molecule has 0 aliphatic carbocycles. The quantitative estimate of drug-likeness (QED) is 0.655. The zero-order valence-electron chi connectivity index (χ0n) is 12.6. The van der Waals surface area contributed by atoms with Crippen LogP contribution in [0.25, 0.3) is 10.9 Å². The third kappa shape index (κ3) is 2.92. The summed E-state index contributed by atoms with van der Waals surface area (Å²) in [6.45, 7) is 2.38. The minimum atomic E-state index is -0.453. The molecule has 0 spiro atoms. The molecule has 118 valence electrons. The molecule has 0 saturated carbocycles. The van der Waals surface area contributed by atoms with Crippen LogP contribution in [0.2, 0.25) is 10.0 Å². The number of hydrogen-bond donors (Lipinski definition) is 0. The van der Waals surface area contributed by atoms with Gasteiger partial charge in [0, 0.05) is 15.4 Å². The molecule has 23 heavy (non-hydrogen) atoms. The lowest BCUT2D eigenvalue weighted by molar-refractivity contribution is 0.0595. The zero-order valence-corrected chi connectivity index (χ0v) is 14.1. The topological polar surface area (TPSA) is 44.1 Å². The Labute approximate surface area is 143 Å². The van der Waals surface area contributed by atoms with Crippen molar-refractivity contribution in [2.45, 2.75) is 13.5 Å². The van der Waals surface area contributed by atoms with Crippen molar-refractivity contribution in [3.63, 3.8) is 0 Å². The first-order valence-electron chi connectivity index (χ1n) is 6.99. The lowest BCUT2D eigenvalue weighted by Crippen LogP contribution is -2.06. The molecular formula is C17H14Cl2N2O2. The molecule has 0 atom stereocenters. The summed E-state index contributed by atoms with van der Waals surface area (Å²) in [5, 5.41) is 6.37. The molecule has 6 heteroatoms. The van der Waals surface area contributed by atoms with E-state index in [2.05, 4.69) is 5.10 Å². The van der Waals surface area contributed by atoms with Crippen molar-refractivity contribution in [2.75, 3.05) is 7.11 Å². The number of carbonyl (C=O) groups is 1. The van der Waals surface area contributed by atoms with Gasteiger partial charge in [0.25, 0.3) is 0 Å². The van der Waals surface area contributed by atoms with Gasteiger partial charge in [-0.1, -0.05) is 41.4 Å². The van der Waals surface area contributed by atoms with Crippen LogP contribution < -0.4 is 0 Å². The minimum absolute atomic E-state index is 0.311. The number of halogens is 2. The Morgan fingerprint density at radius 2 is 2.04 bits per heavy atom. The Morgan fingerprint density at radius 1 is 1.26 bits per heavy atom. The van der Waals surface area contributed by atoms with Gasteiger partial charge >= 0.3 is 5.97 Å². The van der Waals surface area contributed by atoms with E-state index >= 15 is 0 Å². The van der Waals surface area contributed by atoms with Crippen molar-refractivity contribution < 1.29 is 9.53 Å². The molecule has 0 unspecified atom stereocenters. The highest BCUT2D eigenvalue weighted by molar-refractivity contribution is 6.35. The van der Waals surface area contributed by atoms with Crippen molar-refractivity contribution in [2.24, 2.45) is 0 Å². The fraction of sp³-hybridized carbons (Fsp3) is 0.176. The van der Waals surface area contributed by atoms with Crippen molar-refractivity contribution in [1.82, 2.24) is 9.78 Å². The number of ether oxygens (including phenoxy) is 1. The van der Waals surface area contributed by atoms with E-state index in [0.29, 0.717) is 22.3 Å². The van der Waals surface area contributed by atoms with Crippen LogP contribution in [0.5, 0.6) is 0 Å². The van der Waals surface area contributed by atoms with Gasteiger partial charge in [0.2, 0.25) is 0 Å². The number of benzene rings is 2. The number of aromatic nitrogens is 2. The number of esters is 1. The van der Waals surface area contributed by atoms with Crippen LogP contribution in [-0.2, 0) is 11.3 Å². The van der Waals surface area contributed by atoms with Crippen molar-refractivity contribution in [3.8, 4) is 0 Å². The van der Waals surface area contributed by atoms with E-state index in [1.54, 1.807) is 16.8 Å². The molecule has 0 fully saturated rings. The van der Waals surface area contributed by atoms with Crippen LogP contribution in [0, 0.1) is 6.92 Å². The molecule has 0 saturated heterocycles. The number of methoxy groups -OCH3 is 1. The molecule has 3 rings (SSSR count). The molecule has 4 nitrogen and oxygen atoms in total. The first-order valence-corrected chi connectivity index (χ1v) is 7.75. The van der Waals surface area contributed by atoms with Gasteiger partial charge in [-0.3, -0.25) is 4.68 Å². The molecule has 2 aromatic carbocycles. The maximum Gasteiger partial charge on any atom is 0.359 e. The fourth-order valence-corrected chi connectivity index (χ4v) is 3.04. The normalized spacial score (nSPS) is 11.0. The third-order valence-electron chi connectivity index (χ3n) is 3.70. The molecule has 3 aromatic rings. The van der Waals surface area contributed by atoms with Crippen LogP contribution in [-0.4, -0.2) is 22.9 Å².